The van der Waals surface area contributed by atoms with Gasteiger partial charge in [-0.3, -0.25) is 9.59 Å². The first-order chi connectivity index (χ1) is 12.6. The van der Waals surface area contributed by atoms with Crippen molar-refractivity contribution in [3.8, 4) is 0 Å². The van der Waals surface area contributed by atoms with E-state index >= 15 is 0 Å². The van der Waals surface area contributed by atoms with E-state index in [1.165, 1.54) is 23.4 Å². The zero-order valence-corrected chi connectivity index (χ0v) is 15.8. The first-order valence-corrected chi connectivity index (χ1v) is 10.0. The smallest absolute Gasteiger partial charge is 0.239 e. The zero-order valence-electron chi connectivity index (χ0n) is 15.0. The van der Waals surface area contributed by atoms with Crippen molar-refractivity contribution in [2.75, 3.05) is 18.5 Å². The molecule has 1 atom stereocenters. The number of benzene rings is 1. The fourth-order valence-corrected chi connectivity index (χ4v) is 5.00. The molecule has 6 heteroatoms. The van der Waals surface area contributed by atoms with Gasteiger partial charge in [0.15, 0.2) is 0 Å². The lowest BCUT2D eigenvalue weighted by atomic mass is 10.0. The van der Waals surface area contributed by atoms with Crippen molar-refractivity contribution in [1.29, 1.82) is 0 Å². The Hall–Kier alpha value is -2.21. The van der Waals surface area contributed by atoms with E-state index in [0.29, 0.717) is 19.5 Å². The van der Waals surface area contributed by atoms with Crippen LogP contribution in [-0.2, 0) is 29.0 Å². The van der Waals surface area contributed by atoms with Crippen molar-refractivity contribution in [1.82, 2.24) is 9.88 Å². The quantitative estimate of drug-likeness (QED) is 0.779. The minimum absolute atomic E-state index is 0.0912. The van der Waals surface area contributed by atoms with Crippen LogP contribution in [0.3, 0.4) is 0 Å². The van der Waals surface area contributed by atoms with Crippen LogP contribution in [0.1, 0.15) is 34.8 Å². The van der Waals surface area contributed by atoms with Gasteiger partial charge in [0.05, 0.1) is 12.2 Å². The summed E-state index contributed by atoms with van der Waals surface area (Å²) in [6.07, 6.45) is 5.17. The molecule has 0 saturated carbocycles. The number of fused-ring (bicyclic) bond motifs is 1. The third-order valence-corrected chi connectivity index (χ3v) is 6.35. The number of aromatic nitrogens is 1. The van der Waals surface area contributed by atoms with Gasteiger partial charge in [-0.05, 0) is 44.2 Å². The first kappa shape index (κ1) is 17.2. The van der Waals surface area contributed by atoms with Crippen LogP contribution < -0.4 is 4.90 Å². The first-order valence-electron chi connectivity index (χ1n) is 9.22. The average molecular weight is 369 g/mol. The van der Waals surface area contributed by atoms with E-state index in [4.69, 9.17) is 4.98 Å². The number of hydrogen-bond donors (Lipinski definition) is 0. The molecule has 0 radical (unpaired) electrons. The van der Waals surface area contributed by atoms with Crippen LogP contribution in [0, 0.1) is 5.92 Å². The number of para-hydroxylation sites is 1. The Labute approximate surface area is 157 Å². The predicted octanol–water partition coefficient (Wildman–Crippen LogP) is 3.03. The van der Waals surface area contributed by atoms with Crippen LogP contribution in [0.25, 0.3) is 0 Å². The molecule has 5 nitrogen and oxygen atoms in total. The normalized spacial score (nSPS) is 19.5. The van der Waals surface area contributed by atoms with Gasteiger partial charge < -0.3 is 9.80 Å². The van der Waals surface area contributed by atoms with Crippen molar-refractivity contribution >= 4 is 28.8 Å². The highest BCUT2D eigenvalue weighted by molar-refractivity contribution is 7.11. The number of anilines is 1. The van der Waals surface area contributed by atoms with Gasteiger partial charge in [0.2, 0.25) is 11.8 Å². The van der Waals surface area contributed by atoms with E-state index in [2.05, 4.69) is 0 Å². The second-order valence-corrected chi connectivity index (χ2v) is 8.21. The minimum Gasteiger partial charge on any atom is -0.338 e. The van der Waals surface area contributed by atoms with Crippen LogP contribution in [-0.4, -0.2) is 35.3 Å². The molecule has 1 aromatic heterocycles. The van der Waals surface area contributed by atoms with Crippen LogP contribution in [0.4, 0.5) is 5.69 Å². The summed E-state index contributed by atoms with van der Waals surface area (Å²) in [5, 5.41) is 0.984. The summed E-state index contributed by atoms with van der Waals surface area (Å²) < 4.78 is 0. The number of rotatable bonds is 4. The minimum atomic E-state index is -0.574. The van der Waals surface area contributed by atoms with Gasteiger partial charge in [-0.25, -0.2) is 4.98 Å². The van der Waals surface area contributed by atoms with Gasteiger partial charge in [-0.15, -0.1) is 11.3 Å². The number of nitrogens with zero attached hydrogens (tertiary/aromatic N) is 3. The molecule has 2 aliphatic rings. The van der Waals surface area contributed by atoms with Crippen molar-refractivity contribution in [2.45, 2.75) is 38.6 Å². The molecule has 1 aliphatic heterocycles. The van der Waals surface area contributed by atoms with Crippen molar-refractivity contribution in [3.05, 3.63) is 45.9 Å². The highest BCUT2D eigenvalue weighted by Gasteiger charge is 2.39. The standard InChI is InChI=1S/C20H23N3O2S/c1-22(13-18-21-16-9-5-6-10-17(16)26-18)19(24)15-11-12-23(20(15)25)14-7-3-2-4-8-14/h2-4,7-8,15H,5-6,9-13H2,1H3/t15-/m0/s1. The number of carbonyl (C=O) groups excluding carboxylic acids is 2. The lowest BCUT2D eigenvalue weighted by Crippen LogP contribution is -2.37. The summed E-state index contributed by atoms with van der Waals surface area (Å²) >= 11 is 1.72. The summed E-state index contributed by atoms with van der Waals surface area (Å²) in [5.74, 6) is -0.761. The second-order valence-electron chi connectivity index (χ2n) is 7.05. The molecule has 2 amide bonds. The molecule has 1 aliphatic carbocycles. The number of aryl methyl sites for hydroxylation is 2. The van der Waals surface area contributed by atoms with Gasteiger partial charge >= 0.3 is 0 Å². The summed E-state index contributed by atoms with van der Waals surface area (Å²) in [5.41, 5.74) is 2.08. The summed E-state index contributed by atoms with van der Waals surface area (Å²) in [6.45, 7) is 1.09. The largest absolute Gasteiger partial charge is 0.338 e. The molecule has 136 valence electrons. The maximum atomic E-state index is 12.8. The maximum absolute atomic E-state index is 12.8. The number of thiazole rings is 1. The molecule has 1 fully saturated rings. The summed E-state index contributed by atoms with van der Waals surface area (Å²) in [4.78, 5) is 35.0. The fraction of sp³-hybridized carbons (Fsp3) is 0.450. The molecule has 0 unspecified atom stereocenters. The van der Waals surface area contributed by atoms with Gasteiger partial charge in [0, 0.05) is 24.2 Å². The average Bonchev–Trinajstić information content (AvgIpc) is 3.24. The van der Waals surface area contributed by atoms with E-state index in [0.717, 1.165) is 23.5 Å². The molecule has 2 heterocycles. The Balaban J connectivity index is 1.42. The third-order valence-electron chi connectivity index (χ3n) is 5.21. The molecule has 26 heavy (non-hydrogen) atoms. The van der Waals surface area contributed by atoms with Crippen LogP contribution >= 0.6 is 11.3 Å². The molecular weight excluding hydrogens is 346 g/mol. The molecule has 0 bridgehead atoms. The lowest BCUT2D eigenvalue weighted by molar-refractivity contribution is -0.139. The van der Waals surface area contributed by atoms with Crippen molar-refractivity contribution in [2.24, 2.45) is 5.92 Å². The lowest BCUT2D eigenvalue weighted by Gasteiger charge is -2.20. The molecular formula is C20H23N3O2S. The van der Waals surface area contributed by atoms with Crippen molar-refractivity contribution in [3.63, 3.8) is 0 Å². The van der Waals surface area contributed by atoms with E-state index in [1.807, 2.05) is 30.3 Å². The van der Waals surface area contributed by atoms with Crippen LogP contribution in [0.2, 0.25) is 0 Å². The third kappa shape index (κ3) is 3.26. The highest BCUT2D eigenvalue weighted by Crippen LogP contribution is 2.29. The zero-order chi connectivity index (χ0) is 18.1. The number of carbonyl (C=O) groups is 2. The van der Waals surface area contributed by atoms with Crippen LogP contribution in [0.5, 0.6) is 0 Å². The van der Waals surface area contributed by atoms with E-state index in [1.54, 1.807) is 28.2 Å². The van der Waals surface area contributed by atoms with Crippen molar-refractivity contribution < 1.29 is 9.59 Å². The topological polar surface area (TPSA) is 53.5 Å². The highest BCUT2D eigenvalue weighted by atomic mass is 32.1. The molecule has 0 N–H and O–H groups in total. The summed E-state index contributed by atoms with van der Waals surface area (Å²) in [7, 11) is 1.78. The molecule has 2 aromatic rings. The Morgan fingerprint density at radius 3 is 2.81 bits per heavy atom. The Morgan fingerprint density at radius 2 is 2.04 bits per heavy atom. The Morgan fingerprint density at radius 1 is 1.27 bits per heavy atom. The Bertz CT molecular complexity index is 794. The Kier molecular flexibility index (Phi) is 4.76. The second kappa shape index (κ2) is 7.19. The van der Waals surface area contributed by atoms with E-state index in [-0.39, 0.29) is 11.8 Å². The monoisotopic (exact) mass is 369 g/mol. The maximum Gasteiger partial charge on any atom is 0.239 e. The van der Waals surface area contributed by atoms with Gasteiger partial charge in [-0.1, -0.05) is 18.2 Å². The number of amides is 2. The van der Waals surface area contributed by atoms with Crippen LogP contribution in [0.15, 0.2) is 30.3 Å². The molecule has 0 spiro atoms. The van der Waals surface area contributed by atoms with E-state index in [9.17, 15) is 9.59 Å². The van der Waals surface area contributed by atoms with Gasteiger partial charge in [-0.2, -0.15) is 0 Å². The predicted molar refractivity (Wildman–Crippen MR) is 102 cm³/mol. The van der Waals surface area contributed by atoms with Gasteiger partial charge in [0.1, 0.15) is 10.9 Å². The van der Waals surface area contributed by atoms with Gasteiger partial charge in [0.25, 0.3) is 0 Å². The molecule has 1 saturated heterocycles. The fourth-order valence-electron chi connectivity index (χ4n) is 3.79. The number of hydrogen-bond acceptors (Lipinski definition) is 4. The van der Waals surface area contributed by atoms with E-state index < -0.39 is 5.92 Å². The SMILES string of the molecule is CN(Cc1nc2c(s1)CCCC2)C(=O)[C@@H]1CCN(c2ccccc2)C1=O. The summed E-state index contributed by atoms with van der Waals surface area (Å²) in [6, 6.07) is 9.57. The molecule has 1 aromatic carbocycles. The molecule has 4 rings (SSSR count).